The van der Waals surface area contributed by atoms with Crippen molar-refractivity contribution in [2.24, 2.45) is 5.41 Å². The van der Waals surface area contributed by atoms with Crippen LogP contribution < -0.4 is 0 Å². The van der Waals surface area contributed by atoms with Crippen molar-refractivity contribution in [3.8, 4) is 0 Å². The first-order chi connectivity index (χ1) is 22.3. The third kappa shape index (κ3) is 14.5. The lowest BCUT2D eigenvalue weighted by molar-refractivity contribution is -0.161. The number of cyclic esters (lactones) is 1. The van der Waals surface area contributed by atoms with Gasteiger partial charge in [0, 0.05) is 5.41 Å². The number of ether oxygens (including phenoxy) is 2. The average Bonchev–Trinajstić information content (AvgIpc) is 3.34. The zero-order valence-corrected chi connectivity index (χ0v) is 31.0. The molecule has 2 atom stereocenters. The van der Waals surface area contributed by atoms with Crippen molar-refractivity contribution in [3.05, 3.63) is 11.5 Å². The summed E-state index contributed by atoms with van der Waals surface area (Å²) in [4.78, 5) is 12.7. The van der Waals surface area contributed by atoms with Crippen LogP contribution in [-0.2, 0) is 14.3 Å². The summed E-state index contributed by atoms with van der Waals surface area (Å²) in [6.07, 6.45) is 28.4. The van der Waals surface area contributed by atoms with Gasteiger partial charge in [0.05, 0.1) is 6.61 Å². The molecule has 0 aromatic rings. The number of rotatable bonds is 32. The molecule has 0 aromatic heterocycles. The molecule has 272 valence electrons. The first-order valence-electron chi connectivity index (χ1n) is 19.9. The second-order valence-corrected chi connectivity index (χ2v) is 14.4. The molecule has 1 heterocycles. The molecule has 0 fully saturated rings. The summed E-state index contributed by atoms with van der Waals surface area (Å²) in [6, 6.07) is 0. The zero-order chi connectivity index (χ0) is 34.1. The SMILES string of the molecule is CCCCCCCCC(CCCCCC)(CCCCCC)C(CCCCCC)(CCCCCC)OC1=C(O)C(=O)OC1[C@@H](O)CO. The van der Waals surface area contributed by atoms with Crippen LogP contribution in [0.25, 0.3) is 0 Å². The molecule has 0 aliphatic carbocycles. The van der Waals surface area contributed by atoms with Crippen molar-refractivity contribution >= 4 is 5.97 Å². The molecule has 1 aliphatic rings. The predicted molar refractivity (Wildman–Crippen MR) is 192 cm³/mol. The number of carbonyl (C=O) groups is 1. The molecule has 0 spiro atoms. The van der Waals surface area contributed by atoms with Crippen molar-refractivity contribution in [1.29, 1.82) is 0 Å². The summed E-state index contributed by atoms with van der Waals surface area (Å²) in [7, 11) is 0. The van der Waals surface area contributed by atoms with Gasteiger partial charge in [0.25, 0.3) is 0 Å². The van der Waals surface area contributed by atoms with Crippen LogP contribution in [0.3, 0.4) is 0 Å². The Labute approximate surface area is 284 Å². The predicted octanol–water partition coefficient (Wildman–Crippen LogP) is 11.4. The Hall–Kier alpha value is -1.27. The molecule has 0 radical (unpaired) electrons. The van der Waals surface area contributed by atoms with Crippen LogP contribution in [0.1, 0.15) is 208 Å². The Bertz CT molecular complexity index is 769. The summed E-state index contributed by atoms with van der Waals surface area (Å²) in [5.74, 6) is -1.35. The second-order valence-electron chi connectivity index (χ2n) is 14.4. The van der Waals surface area contributed by atoms with Gasteiger partial charge in [0.2, 0.25) is 5.76 Å². The number of aliphatic hydroxyl groups is 3. The lowest BCUT2D eigenvalue weighted by Gasteiger charge is -2.52. The molecule has 1 aliphatic heterocycles. The number of hydrogen-bond donors (Lipinski definition) is 3. The number of hydrogen-bond acceptors (Lipinski definition) is 6. The molecule has 6 heteroatoms. The van der Waals surface area contributed by atoms with Gasteiger partial charge in [-0.1, -0.05) is 163 Å². The van der Waals surface area contributed by atoms with Gasteiger partial charge in [-0.25, -0.2) is 4.79 Å². The first kappa shape index (κ1) is 42.8. The first-order valence-corrected chi connectivity index (χ1v) is 19.9. The summed E-state index contributed by atoms with van der Waals surface area (Å²) in [6.45, 7) is 10.7. The molecule has 3 N–H and O–H groups in total. The Kier molecular flexibility index (Phi) is 23.9. The van der Waals surface area contributed by atoms with Crippen molar-refractivity contribution in [1.82, 2.24) is 0 Å². The second kappa shape index (κ2) is 25.7. The fourth-order valence-electron chi connectivity index (χ4n) is 7.75. The number of esters is 1. The lowest BCUT2D eigenvalue weighted by Crippen LogP contribution is -2.52. The van der Waals surface area contributed by atoms with E-state index in [0.717, 1.165) is 89.9 Å². The van der Waals surface area contributed by atoms with Gasteiger partial charge in [-0.3, -0.25) is 0 Å². The zero-order valence-electron chi connectivity index (χ0n) is 31.0. The van der Waals surface area contributed by atoms with E-state index in [4.69, 9.17) is 9.47 Å². The topological polar surface area (TPSA) is 96.2 Å². The van der Waals surface area contributed by atoms with Gasteiger partial charge < -0.3 is 24.8 Å². The third-order valence-electron chi connectivity index (χ3n) is 10.6. The molecular weight excluding hydrogens is 576 g/mol. The van der Waals surface area contributed by atoms with Crippen LogP contribution >= 0.6 is 0 Å². The van der Waals surface area contributed by atoms with Gasteiger partial charge >= 0.3 is 5.97 Å². The van der Waals surface area contributed by atoms with Crippen LogP contribution in [-0.4, -0.2) is 45.7 Å². The highest BCUT2D eigenvalue weighted by Gasteiger charge is 2.54. The molecule has 0 amide bonds. The normalized spacial score (nSPS) is 16.3. The summed E-state index contributed by atoms with van der Waals surface area (Å²) >= 11 is 0. The Morgan fingerprint density at radius 2 is 0.957 bits per heavy atom. The quantitative estimate of drug-likeness (QED) is 0.0494. The molecule has 1 unspecified atom stereocenters. The lowest BCUT2D eigenvalue weighted by atomic mass is 9.59. The summed E-state index contributed by atoms with van der Waals surface area (Å²) in [5, 5.41) is 31.7. The van der Waals surface area contributed by atoms with Crippen LogP contribution in [0.5, 0.6) is 0 Å². The van der Waals surface area contributed by atoms with Crippen molar-refractivity contribution < 1.29 is 29.6 Å². The van der Waals surface area contributed by atoms with E-state index in [1.54, 1.807) is 0 Å². The maximum absolute atomic E-state index is 12.7. The third-order valence-corrected chi connectivity index (χ3v) is 10.6. The van der Waals surface area contributed by atoms with Gasteiger partial charge in [-0.15, -0.1) is 0 Å². The highest BCUT2D eigenvalue weighted by Crippen LogP contribution is 2.54. The minimum atomic E-state index is -1.34. The number of aliphatic hydroxyl groups excluding tert-OH is 3. The summed E-state index contributed by atoms with van der Waals surface area (Å²) in [5.41, 5.74) is -0.716. The van der Waals surface area contributed by atoms with Gasteiger partial charge in [0.15, 0.2) is 11.9 Å². The van der Waals surface area contributed by atoms with Crippen molar-refractivity contribution in [2.75, 3.05) is 6.61 Å². The maximum Gasteiger partial charge on any atom is 0.378 e. The fourth-order valence-corrected chi connectivity index (χ4v) is 7.75. The van der Waals surface area contributed by atoms with Gasteiger partial charge in [-0.05, 0) is 44.9 Å². The van der Waals surface area contributed by atoms with E-state index in [-0.39, 0.29) is 11.2 Å². The molecule has 0 saturated heterocycles. The number of carbonyl (C=O) groups excluding carboxylic acids is 1. The van der Waals surface area contributed by atoms with Gasteiger partial charge in [-0.2, -0.15) is 0 Å². The Balaban J connectivity index is 3.80. The molecular formula is C40H76O6. The van der Waals surface area contributed by atoms with Crippen molar-refractivity contribution in [2.45, 2.75) is 226 Å². The average molecular weight is 653 g/mol. The smallest absolute Gasteiger partial charge is 0.378 e. The molecule has 0 saturated carbocycles. The molecule has 6 nitrogen and oxygen atoms in total. The Morgan fingerprint density at radius 3 is 1.35 bits per heavy atom. The van der Waals surface area contributed by atoms with Crippen LogP contribution in [0, 0.1) is 5.41 Å². The van der Waals surface area contributed by atoms with Crippen LogP contribution in [0.4, 0.5) is 0 Å². The fraction of sp³-hybridized carbons (Fsp3) is 0.925. The monoisotopic (exact) mass is 653 g/mol. The largest absolute Gasteiger partial charge is 0.499 e. The van der Waals surface area contributed by atoms with E-state index < -0.39 is 36.1 Å². The van der Waals surface area contributed by atoms with E-state index in [1.807, 2.05) is 0 Å². The Morgan fingerprint density at radius 1 is 0.609 bits per heavy atom. The molecule has 0 bridgehead atoms. The molecule has 46 heavy (non-hydrogen) atoms. The van der Waals surface area contributed by atoms with E-state index in [1.165, 1.54) is 83.5 Å². The summed E-state index contributed by atoms with van der Waals surface area (Å²) < 4.78 is 12.7. The van der Waals surface area contributed by atoms with E-state index >= 15 is 0 Å². The van der Waals surface area contributed by atoms with Crippen LogP contribution in [0.2, 0.25) is 0 Å². The minimum Gasteiger partial charge on any atom is -0.499 e. The van der Waals surface area contributed by atoms with Crippen molar-refractivity contribution in [3.63, 3.8) is 0 Å². The maximum atomic E-state index is 12.7. The van der Waals surface area contributed by atoms with E-state index in [2.05, 4.69) is 34.6 Å². The highest BCUT2D eigenvalue weighted by molar-refractivity contribution is 5.89. The van der Waals surface area contributed by atoms with Gasteiger partial charge in [0.1, 0.15) is 11.7 Å². The molecule has 1 rings (SSSR count). The van der Waals surface area contributed by atoms with E-state index in [0.29, 0.717) is 0 Å². The number of unbranched alkanes of at least 4 members (excludes halogenated alkanes) is 17. The molecule has 0 aromatic carbocycles. The minimum absolute atomic E-state index is 0.0481. The standard InChI is InChI=1S/C40H76O6/c1-6-11-16-21-22-25-30-39(28-23-17-12-7-2,29-24-18-13-8-3)40(31-26-19-14-9-4,32-27-20-15-10-5)46-37-35(43)38(44)45-36(37)34(42)33-41/h34,36,41-43H,6-33H2,1-5H3/t34-,36?/m0/s1. The van der Waals surface area contributed by atoms with Crippen LogP contribution in [0.15, 0.2) is 11.5 Å². The van der Waals surface area contributed by atoms with E-state index in [9.17, 15) is 20.1 Å². The highest BCUT2D eigenvalue weighted by atomic mass is 16.6.